The van der Waals surface area contributed by atoms with Gasteiger partial charge in [-0.05, 0) is 50.2 Å². The van der Waals surface area contributed by atoms with E-state index in [4.69, 9.17) is 25.8 Å². The highest BCUT2D eigenvalue weighted by molar-refractivity contribution is 6.31. The average molecular weight is 452 g/mol. The van der Waals surface area contributed by atoms with Crippen molar-refractivity contribution in [1.29, 1.82) is 0 Å². The molecule has 3 aromatic carbocycles. The Balaban J connectivity index is 1.49. The third-order valence-electron chi connectivity index (χ3n) is 5.43. The van der Waals surface area contributed by atoms with Gasteiger partial charge in [0.1, 0.15) is 29.5 Å². The third kappa shape index (κ3) is 5.00. The Morgan fingerprint density at radius 3 is 2.69 bits per heavy atom. The molecule has 1 heterocycles. The maximum atomic E-state index is 13.1. The van der Waals surface area contributed by atoms with E-state index in [2.05, 4.69) is 5.32 Å². The first kappa shape index (κ1) is 22.0. The van der Waals surface area contributed by atoms with Gasteiger partial charge in [-0.3, -0.25) is 4.79 Å². The molecule has 4 rings (SSSR count). The average Bonchev–Trinajstić information content (AvgIpc) is 2.77. The number of rotatable bonds is 6. The lowest BCUT2D eigenvalue weighted by molar-refractivity contribution is 0.0617. The molecule has 0 fully saturated rings. The van der Waals surface area contributed by atoms with Crippen molar-refractivity contribution in [3.63, 3.8) is 0 Å². The van der Waals surface area contributed by atoms with Crippen molar-refractivity contribution >= 4 is 17.5 Å². The molecular formula is C26H26ClNO4. The van der Waals surface area contributed by atoms with Gasteiger partial charge in [0.25, 0.3) is 5.91 Å². The second-order valence-electron chi connectivity index (χ2n) is 8.40. The van der Waals surface area contributed by atoms with Crippen LogP contribution < -0.4 is 19.5 Å². The van der Waals surface area contributed by atoms with E-state index in [1.54, 1.807) is 19.2 Å². The number of ether oxygens (including phenoxy) is 3. The molecule has 0 bridgehead atoms. The highest BCUT2D eigenvalue weighted by atomic mass is 35.5. The molecule has 3 aromatic rings. The zero-order valence-corrected chi connectivity index (χ0v) is 19.1. The predicted octanol–water partition coefficient (Wildman–Crippen LogP) is 5.96. The van der Waals surface area contributed by atoms with Gasteiger partial charge < -0.3 is 19.5 Å². The minimum Gasteiger partial charge on any atom is -0.497 e. The number of carbonyl (C=O) groups is 1. The first-order chi connectivity index (χ1) is 15.3. The highest BCUT2D eigenvalue weighted by Gasteiger charge is 2.35. The van der Waals surface area contributed by atoms with Gasteiger partial charge in [0, 0.05) is 34.2 Å². The summed E-state index contributed by atoms with van der Waals surface area (Å²) in [4.78, 5) is 13.1. The van der Waals surface area contributed by atoms with Crippen LogP contribution >= 0.6 is 11.6 Å². The number of nitrogens with one attached hydrogen (secondary N) is 1. The summed E-state index contributed by atoms with van der Waals surface area (Å²) in [6.07, 6.45) is 0.654. The summed E-state index contributed by atoms with van der Waals surface area (Å²) in [6.45, 7) is 4.35. The molecule has 0 spiro atoms. The number of hydrogen-bond donors (Lipinski definition) is 1. The zero-order chi connectivity index (χ0) is 22.7. The Morgan fingerprint density at radius 1 is 1.09 bits per heavy atom. The predicted molar refractivity (Wildman–Crippen MR) is 125 cm³/mol. The smallest absolute Gasteiger partial charge is 0.251 e. The van der Waals surface area contributed by atoms with Crippen LogP contribution in [0.4, 0.5) is 0 Å². The number of hydrogen-bond acceptors (Lipinski definition) is 4. The summed E-state index contributed by atoms with van der Waals surface area (Å²) < 4.78 is 17.3. The van der Waals surface area contributed by atoms with Crippen molar-refractivity contribution in [2.45, 2.75) is 38.5 Å². The Morgan fingerprint density at radius 2 is 1.91 bits per heavy atom. The minimum absolute atomic E-state index is 0.169. The normalized spacial score (nSPS) is 16.4. The molecule has 5 nitrogen and oxygen atoms in total. The second kappa shape index (κ2) is 9.13. The lowest BCUT2D eigenvalue weighted by Gasteiger charge is -2.38. The Kier molecular flexibility index (Phi) is 6.28. The van der Waals surface area contributed by atoms with Gasteiger partial charge in [0.05, 0.1) is 13.2 Å². The molecule has 166 valence electrons. The fraction of sp³-hybridized carbons (Fsp3) is 0.269. The number of halogens is 1. The van der Waals surface area contributed by atoms with Gasteiger partial charge >= 0.3 is 0 Å². The van der Waals surface area contributed by atoms with E-state index in [-0.39, 0.29) is 11.9 Å². The van der Waals surface area contributed by atoms with Crippen LogP contribution in [-0.2, 0) is 6.61 Å². The molecule has 0 aliphatic carbocycles. The van der Waals surface area contributed by atoms with Crippen molar-refractivity contribution in [2.24, 2.45) is 0 Å². The van der Waals surface area contributed by atoms with Gasteiger partial charge in [0.15, 0.2) is 0 Å². The molecule has 0 radical (unpaired) electrons. The van der Waals surface area contributed by atoms with Crippen LogP contribution in [0, 0.1) is 0 Å². The van der Waals surface area contributed by atoms with Crippen LogP contribution in [0.25, 0.3) is 0 Å². The molecule has 0 aromatic heterocycles. The summed E-state index contributed by atoms with van der Waals surface area (Å²) in [5.74, 6) is 1.88. The van der Waals surface area contributed by atoms with E-state index in [1.165, 1.54) is 0 Å². The highest BCUT2D eigenvalue weighted by Crippen LogP contribution is 2.41. The van der Waals surface area contributed by atoms with E-state index in [0.717, 1.165) is 22.6 Å². The van der Waals surface area contributed by atoms with Crippen molar-refractivity contribution in [2.75, 3.05) is 7.11 Å². The summed E-state index contributed by atoms with van der Waals surface area (Å²) in [5.41, 5.74) is 1.93. The van der Waals surface area contributed by atoms with Crippen molar-refractivity contribution in [3.8, 4) is 17.2 Å². The lowest BCUT2D eigenvalue weighted by atomic mass is 9.89. The van der Waals surface area contributed by atoms with Crippen LogP contribution in [0.2, 0.25) is 5.02 Å². The Labute approximate surface area is 193 Å². The maximum absolute atomic E-state index is 13.1. The molecule has 0 saturated heterocycles. The number of fused-ring (bicyclic) bond motifs is 1. The first-order valence-corrected chi connectivity index (χ1v) is 10.9. The van der Waals surface area contributed by atoms with Gasteiger partial charge in [-0.2, -0.15) is 0 Å². The number of methoxy groups -OCH3 is 1. The summed E-state index contributed by atoms with van der Waals surface area (Å²) >= 11 is 6.20. The van der Waals surface area contributed by atoms with Crippen molar-refractivity contribution < 1.29 is 19.0 Å². The molecule has 32 heavy (non-hydrogen) atoms. The Bertz CT molecular complexity index is 1130. The van der Waals surface area contributed by atoms with E-state index < -0.39 is 5.60 Å². The third-order valence-corrected chi connectivity index (χ3v) is 5.80. The molecule has 6 heteroatoms. The molecule has 1 aliphatic heterocycles. The fourth-order valence-corrected chi connectivity index (χ4v) is 4.02. The number of carbonyl (C=O) groups excluding carboxylic acids is 1. The maximum Gasteiger partial charge on any atom is 0.251 e. The number of amides is 1. The van der Waals surface area contributed by atoms with E-state index >= 15 is 0 Å². The molecule has 1 atom stereocenters. The van der Waals surface area contributed by atoms with Crippen molar-refractivity contribution in [1.82, 2.24) is 5.32 Å². The summed E-state index contributed by atoms with van der Waals surface area (Å²) in [6, 6.07) is 20.2. The van der Waals surface area contributed by atoms with E-state index in [9.17, 15) is 4.79 Å². The lowest BCUT2D eigenvalue weighted by Crippen LogP contribution is -2.41. The van der Waals surface area contributed by atoms with Crippen LogP contribution in [0.15, 0.2) is 66.7 Å². The van der Waals surface area contributed by atoms with E-state index in [0.29, 0.717) is 29.4 Å². The largest absolute Gasteiger partial charge is 0.497 e. The molecular weight excluding hydrogens is 426 g/mol. The van der Waals surface area contributed by atoms with E-state index in [1.807, 2.05) is 68.4 Å². The van der Waals surface area contributed by atoms with Gasteiger partial charge in [-0.1, -0.05) is 35.9 Å². The van der Waals surface area contributed by atoms with Crippen LogP contribution in [0.5, 0.6) is 17.2 Å². The summed E-state index contributed by atoms with van der Waals surface area (Å²) in [5, 5.41) is 3.81. The van der Waals surface area contributed by atoms with Crippen LogP contribution in [0.3, 0.4) is 0 Å². The number of benzene rings is 3. The van der Waals surface area contributed by atoms with Gasteiger partial charge in [0.2, 0.25) is 0 Å². The summed E-state index contributed by atoms with van der Waals surface area (Å²) in [7, 11) is 1.62. The van der Waals surface area contributed by atoms with Crippen LogP contribution in [-0.4, -0.2) is 18.6 Å². The molecule has 1 amide bonds. The SMILES string of the molecule is COc1ccc2c(c1)OC(C)(C)C[C@H]2NC(=O)c1cccc(OCc2ccccc2Cl)c1. The second-order valence-corrected chi connectivity index (χ2v) is 8.81. The van der Waals surface area contributed by atoms with Gasteiger partial charge in [-0.15, -0.1) is 0 Å². The quantitative estimate of drug-likeness (QED) is 0.502. The molecule has 1 N–H and O–H groups in total. The van der Waals surface area contributed by atoms with Gasteiger partial charge in [-0.25, -0.2) is 0 Å². The minimum atomic E-state index is -0.419. The zero-order valence-electron chi connectivity index (χ0n) is 18.4. The van der Waals surface area contributed by atoms with Crippen LogP contribution in [0.1, 0.15) is 47.8 Å². The molecule has 0 unspecified atom stereocenters. The molecule has 0 saturated carbocycles. The topological polar surface area (TPSA) is 56.8 Å². The first-order valence-electron chi connectivity index (χ1n) is 10.5. The van der Waals surface area contributed by atoms with Crippen molar-refractivity contribution in [3.05, 3.63) is 88.4 Å². The fourth-order valence-electron chi connectivity index (χ4n) is 3.83. The Hall–Kier alpha value is -3.18. The monoisotopic (exact) mass is 451 g/mol. The standard InChI is InChI=1S/C26H26ClNO4/c1-26(2)15-23(21-12-11-19(30-3)14-24(21)32-26)28-25(29)17-8-6-9-20(13-17)31-16-18-7-4-5-10-22(18)27/h4-14,23H,15-16H2,1-3H3,(H,28,29)/t23-/m1/s1. The molecule has 1 aliphatic rings.